The van der Waals surface area contributed by atoms with Crippen LogP contribution in [-0.2, 0) is 14.3 Å². The summed E-state index contributed by atoms with van der Waals surface area (Å²) in [7, 11) is 0. The number of aromatic nitrogens is 2. The minimum Gasteiger partial charge on any atom is -0.493 e. The number of amides is 1. The fraction of sp³-hybridized carbons (Fsp3) is 0.600. The molecule has 2 aromatic rings. The van der Waals surface area contributed by atoms with E-state index in [9.17, 15) is 14.7 Å². The van der Waals surface area contributed by atoms with Crippen LogP contribution in [0.3, 0.4) is 0 Å². The van der Waals surface area contributed by atoms with Crippen LogP contribution in [0.25, 0.3) is 10.9 Å². The van der Waals surface area contributed by atoms with Crippen LogP contribution < -0.4 is 10.1 Å². The maximum atomic E-state index is 12.5. The van der Waals surface area contributed by atoms with Crippen LogP contribution in [0.1, 0.15) is 53.4 Å². The zero-order chi connectivity index (χ0) is 28.7. The topological polar surface area (TPSA) is 117 Å². The third-order valence-electron chi connectivity index (χ3n) is 6.93. The number of anilines is 1. The Kier molecular flexibility index (Phi) is 10.1. The molecular weight excluding hydrogens is 510 g/mol. The lowest BCUT2D eigenvalue weighted by atomic mass is 10.0. The molecular formula is C30H43N5O5. The predicted octanol–water partition coefficient (Wildman–Crippen LogP) is 3.40. The van der Waals surface area contributed by atoms with Crippen molar-refractivity contribution >= 4 is 28.7 Å². The molecule has 0 radical (unpaired) electrons. The summed E-state index contributed by atoms with van der Waals surface area (Å²) < 4.78 is 11.3. The van der Waals surface area contributed by atoms with E-state index in [0.717, 1.165) is 49.2 Å². The van der Waals surface area contributed by atoms with E-state index < -0.39 is 11.7 Å². The molecule has 2 N–H and O–H groups in total. The van der Waals surface area contributed by atoms with Gasteiger partial charge in [-0.3, -0.25) is 24.7 Å². The van der Waals surface area contributed by atoms with Gasteiger partial charge in [0.25, 0.3) is 0 Å². The summed E-state index contributed by atoms with van der Waals surface area (Å²) in [5, 5.41) is 13.6. The maximum Gasteiger partial charge on any atom is 0.320 e. The molecule has 10 heteroatoms. The Morgan fingerprint density at radius 1 is 1.23 bits per heavy atom. The second-order valence-corrected chi connectivity index (χ2v) is 12.0. The Morgan fingerprint density at radius 2 is 1.98 bits per heavy atom. The monoisotopic (exact) mass is 553 g/mol. The van der Waals surface area contributed by atoms with E-state index in [1.54, 1.807) is 13.1 Å². The zero-order valence-electron chi connectivity index (χ0n) is 24.1. The summed E-state index contributed by atoms with van der Waals surface area (Å²) >= 11 is 0. The molecule has 1 saturated carbocycles. The van der Waals surface area contributed by atoms with E-state index in [0.29, 0.717) is 19.0 Å². The molecule has 0 spiro atoms. The van der Waals surface area contributed by atoms with Crippen LogP contribution in [0.5, 0.6) is 5.75 Å². The van der Waals surface area contributed by atoms with Gasteiger partial charge in [-0.15, -0.1) is 0 Å². The van der Waals surface area contributed by atoms with Crippen molar-refractivity contribution in [2.24, 2.45) is 5.92 Å². The highest BCUT2D eigenvalue weighted by Gasteiger charge is 2.28. The third-order valence-corrected chi connectivity index (χ3v) is 6.93. The average Bonchev–Trinajstić information content (AvgIpc) is 3.70. The highest BCUT2D eigenvalue weighted by Crippen LogP contribution is 2.30. The average molecular weight is 554 g/mol. The van der Waals surface area contributed by atoms with Gasteiger partial charge in [0, 0.05) is 42.9 Å². The number of aliphatic hydroxyl groups is 1. The molecule has 4 rings (SSSR count). The number of carbonyl (C=O) groups excluding carboxylic acids is 2. The third kappa shape index (κ3) is 9.83. The molecule has 2 heterocycles. The molecule has 1 atom stereocenters. The van der Waals surface area contributed by atoms with Crippen molar-refractivity contribution in [1.82, 2.24) is 19.8 Å². The quantitative estimate of drug-likeness (QED) is 0.301. The van der Waals surface area contributed by atoms with Gasteiger partial charge in [0.15, 0.2) is 0 Å². The van der Waals surface area contributed by atoms with E-state index in [2.05, 4.69) is 20.2 Å². The number of esters is 1. The lowest BCUT2D eigenvalue weighted by molar-refractivity contribution is -0.157. The van der Waals surface area contributed by atoms with Crippen LogP contribution in [0, 0.1) is 5.92 Å². The molecule has 2 fully saturated rings. The molecule has 1 unspecified atom stereocenters. The first-order chi connectivity index (χ1) is 19.0. The molecule has 10 nitrogen and oxygen atoms in total. The van der Waals surface area contributed by atoms with Gasteiger partial charge in [-0.2, -0.15) is 0 Å². The number of rotatable bonds is 12. The molecule has 0 bridgehead atoms. The minimum absolute atomic E-state index is 0.165. The fourth-order valence-corrected chi connectivity index (χ4v) is 4.80. The number of hydrogen-bond acceptors (Lipinski definition) is 9. The summed E-state index contributed by atoms with van der Waals surface area (Å²) in [6.45, 7) is 10.9. The number of ether oxygens (including phenoxy) is 2. The van der Waals surface area contributed by atoms with E-state index in [4.69, 9.17) is 9.47 Å². The summed E-state index contributed by atoms with van der Waals surface area (Å²) in [5.41, 5.74) is 0.186. The van der Waals surface area contributed by atoms with Gasteiger partial charge < -0.3 is 14.6 Å². The molecule has 1 aliphatic heterocycles. The lowest BCUT2D eigenvalue weighted by Crippen LogP contribution is -2.49. The van der Waals surface area contributed by atoms with Crippen molar-refractivity contribution in [1.29, 1.82) is 0 Å². The van der Waals surface area contributed by atoms with Gasteiger partial charge in [0.2, 0.25) is 11.9 Å². The first-order valence-corrected chi connectivity index (χ1v) is 14.3. The normalized spacial score (nSPS) is 17.9. The number of carbonyl (C=O) groups is 2. The summed E-state index contributed by atoms with van der Waals surface area (Å²) in [6, 6.07) is 5.91. The second kappa shape index (κ2) is 13.5. The van der Waals surface area contributed by atoms with Gasteiger partial charge in [0.05, 0.1) is 24.8 Å². The van der Waals surface area contributed by atoms with Gasteiger partial charge in [-0.25, -0.2) is 9.97 Å². The number of likely N-dealkylation sites (tertiary alicyclic amines) is 1. The first-order valence-electron chi connectivity index (χ1n) is 14.3. The number of aliphatic hydroxyl groups excluding tert-OH is 1. The van der Waals surface area contributed by atoms with Crippen LogP contribution in [0.4, 0.5) is 5.95 Å². The highest BCUT2D eigenvalue weighted by atomic mass is 16.6. The van der Waals surface area contributed by atoms with Crippen molar-refractivity contribution in [3.8, 4) is 5.75 Å². The van der Waals surface area contributed by atoms with Crippen molar-refractivity contribution < 1.29 is 24.2 Å². The van der Waals surface area contributed by atoms with Gasteiger partial charge in [0.1, 0.15) is 11.4 Å². The van der Waals surface area contributed by atoms with E-state index >= 15 is 0 Å². The largest absolute Gasteiger partial charge is 0.493 e. The molecule has 218 valence electrons. The van der Waals surface area contributed by atoms with Crippen LogP contribution in [-0.4, -0.2) is 93.8 Å². The SMILES string of the molecule is CC(O)CN(CC(=O)OC(C)(C)C)C1CCN(CC=CC(=O)Nc2ncc3ccc(OCC4CC4)cc3n2)CC1. The standard InChI is InChI=1S/C30H43N5O5/c1-21(36)18-35(19-28(38)40-30(2,3)4)24-11-14-34(15-12-24)13-5-6-27(37)33-29-31-17-23-9-10-25(16-26(23)32-29)39-20-22-7-8-22/h5-6,9-10,16-17,21-22,24,36H,7-8,11-15,18-20H2,1-4H3,(H,31,32,33,37). The second-order valence-electron chi connectivity index (χ2n) is 12.0. The van der Waals surface area contributed by atoms with E-state index in [1.807, 2.05) is 49.9 Å². The van der Waals surface area contributed by atoms with E-state index in [1.165, 1.54) is 18.9 Å². The van der Waals surface area contributed by atoms with Crippen LogP contribution >= 0.6 is 0 Å². The van der Waals surface area contributed by atoms with Gasteiger partial charge in [-0.05, 0) is 84.5 Å². The molecule has 1 aromatic carbocycles. The summed E-state index contributed by atoms with van der Waals surface area (Å²) in [4.78, 5) is 37.9. The smallest absolute Gasteiger partial charge is 0.320 e. The Labute approximate surface area is 236 Å². The van der Waals surface area contributed by atoms with Crippen molar-refractivity contribution in [2.45, 2.75) is 71.1 Å². The Hall–Kier alpha value is -3.08. The minimum atomic E-state index is -0.538. The number of piperidine rings is 1. The van der Waals surface area contributed by atoms with Crippen LogP contribution in [0.2, 0.25) is 0 Å². The summed E-state index contributed by atoms with van der Waals surface area (Å²) in [5.74, 6) is 1.14. The number of nitrogens with one attached hydrogen (secondary N) is 1. The Morgan fingerprint density at radius 3 is 2.65 bits per heavy atom. The molecule has 40 heavy (non-hydrogen) atoms. The van der Waals surface area contributed by atoms with Crippen molar-refractivity contribution in [3.63, 3.8) is 0 Å². The first kappa shape index (κ1) is 29.9. The fourth-order valence-electron chi connectivity index (χ4n) is 4.80. The highest BCUT2D eigenvalue weighted by molar-refractivity contribution is 5.98. The molecule has 1 saturated heterocycles. The number of benzene rings is 1. The van der Waals surface area contributed by atoms with Crippen LogP contribution in [0.15, 0.2) is 36.5 Å². The van der Waals surface area contributed by atoms with Gasteiger partial charge >= 0.3 is 5.97 Å². The maximum absolute atomic E-state index is 12.5. The molecule has 1 amide bonds. The molecule has 2 aliphatic rings. The number of hydrogen-bond donors (Lipinski definition) is 2. The predicted molar refractivity (Wildman–Crippen MR) is 154 cm³/mol. The molecule has 1 aliphatic carbocycles. The van der Waals surface area contributed by atoms with Crippen molar-refractivity contribution in [3.05, 3.63) is 36.5 Å². The Balaban J connectivity index is 1.23. The number of fused-ring (bicyclic) bond motifs is 1. The van der Waals surface area contributed by atoms with E-state index in [-0.39, 0.29) is 30.4 Å². The zero-order valence-corrected chi connectivity index (χ0v) is 24.1. The van der Waals surface area contributed by atoms with Gasteiger partial charge in [-0.1, -0.05) is 6.08 Å². The number of nitrogens with zero attached hydrogens (tertiary/aromatic N) is 4. The molecule has 1 aromatic heterocycles. The lowest BCUT2D eigenvalue weighted by Gasteiger charge is -2.38. The van der Waals surface area contributed by atoms with Crippen molar-refractivity contribution in [2.75, 3.05) is 44.6 Å². The summed E-state index contributed by atoms with van der Waals surface area (Å²) in [6.07, 6.45) is 8.72. The Bertz CT molecular complexity index is 1180.